The first-order chi connectivity index (χ1) is 12.2. The van der Waals surface area contributed by atoms with Crippen LogP contribution in [0.5, 0.6) is 5.75 Å². The molecule has 0 amide bonds. The topological polar surface area (TPSA) is 60.8 Å². The van der Waals surface area contributed by atoms with Crippen LogP contribution in [-0.2, 0) is 16.0 Å². The number of aromatic nitrogens is 1. The molecule has 0 aliphatic heterocycles. The zero-order chi connectivity index (χ0) is 19.4. The lowest BCUT2D eigenvalue weighted by atomic mass is 10.1. The third-order valence-corrected chi connectivity index (χ3v) is 4.08. The van der Waals surface area contributed by atoms with Crippen molar-refractivity contribution in [2.45, 2.75) is 40.4 Å². The van der Waals surface area contributed by atoms with E-state index in [0.29, 0.717) is 5.75 Å². The van der Waals surface area contributed by atoms with Crippen LogP contribution in [0.4, 0.5) is 0 Å². The maximum atomic E-state index is 12.0. The molecular weight excluding hydrogens is 332 g/mol. The molecule has 0 aliphatic rings. The normalized spacial score (nSPS) is 12.6. The predicted octanol–water partition coefficient (Wildman–Crippen LogP) is 3.33. The van der Waals surface area contributed by atoms with E-state index in [4.69, 9.17) is 9.47 Å². The summed E-state index contributed by atoms with van der Waals surface area (Å²) in [5, 5.41) is 0.886. The van der Waals surface area contributed by atoms with Crippen LogP contribution >= 0.6 is 0 Å². The minimum absolute atomic E-state index is 0.0532. The van der Waals surface area contributed by atoms with E-state index in [9.17, 15) is 9.59 Å². The smallest absolute Gasteiger partial charge is 0.311 e. The summed E-state index contributed by atoms with van der Waals surface area (Å²) in [5.41, 5.74) is 1.83. The van der Waals surface area contributed by atoms with Crippen molar-refractivity contribution < 1.29 is 19.1 Å². The minimum Gasteiger partial charge on any atom is -0.454 e. The summed E-state index contributed by atoms with van der Waals surface area (Å²) in [6.45, 7) is 7.64. The molecule has 0 bridgehead atoms. The highest BCUT2D eigenvalue weighted by Crippen LogP contribution is 2.32. The van der Waals surface area contributed by atoms with Gasteiger partial charge in [0.15, 0.2) is 0 Å². The Hall–Kier alpha value is -2.34. The number of carbonyl (C=O) groups is 2. The largest absolute Gasteiger partial charge is 0.454 e. The number of likely N-dealkylation sites (N-methyl/N-ethyl adjacent to an activating group) is 1. The van der Waals surface area contributed by atoms with Gasteiger partial charge in [-0.2, -0.15) is 0 Å². The number of hydrogen-bond acceptors (Lipinski definition) is 5. The highest BCUT2D eigenvalue weighted by atomic mass is 16.7. The van der Waals surface area contributed by atoms with Crippen molar-refractivity contribution >= 4 is 22.8 Å². The molecule has 26 heavy (non-hydrogen) atoms. The van der Waals surface area contributed by atoms with Crippen molar-refractivity contribution in [2.24, 2.45) is 5.92 Å². The number of carbonyl (C=O) groups excluding carboxylic acids is 2. The molecule has 2 aromatic rings. The first-order valence-electron chi connectivity index (χ1n) is 8.86. The van der Waals surface area contributed by atoms with Crippen molar-refractivity contribution in [3.63, 3.8) is 0 Å². The molecule has 1 aromatic heterocycles. The Kier molecular flexibility index (Phi) is 6.42. The van der Waals surface area contributed by atoms with Gasteiger partial charge in [-0.05, 0) is 38.2 Å². The number of ether oxygens (including phenoxy) is 2. The molecule has 1 atom stereocenters. The van der Waals surface area contributed by atoms with Crippen molar-refractivity contribution in [1.82, 2.24) is 9.47 Å². The van der Waals surface area contributed by atoms with Crippen LogP contribution in [0.2, 0.25) is 0 Å². The zero-order valence-electron chi connectivity index (χ0n) is 16.4. The molecule has 1 heterocycles. The van der Waals surface area contributed by atoms with Gasteiger partial charge in [0, 0.05) is 32.0 Å². The number of benzene rings is 1. The van der Waals surface area contributed by atoms with Crippen LogP contribution in [0.1, 0.15) is 38.1 Å². The molecule has 142 valence electrons. The third kappa shape index (κ3) is 4.64. The Balaban J connectivity index is 2.39. The van der Waals surface area contributed by atoms with E-state index in [0.717, 1.165) is 29.4 Å². The van der Waals surface area contributed by atoms with Gasteiger partial charge in [0.1, 0.15) is 5.75 Å². The second-order valence-electron chi connectivity index (χ2n) is 7.02. The Labute approximate surface area is 154 Å². The standard InChI is InChI=1S/C20H28N2O4/c1-13(2)20(24)26-15(4)25-18-9-7-8-17-19(18)16(10-11-21(5)6)12-22(17)14(3)23/h7-9,12-13,15H,10-11H2,1-6H3. The first-order valence-corrected chi connectivity index (χ1v) is 8.86. The number of esters is 1. The van der Waals surface area contributed by atoms with Crippen LogP contribution in [0.25, 0.3) is 10.9 Å². The number of rotatable bonds is 7. The van der Waals surface area contributed by atoms with Crippen LogP contribution < -0.4 is 4.74 Å². The molecule has 0 saturated heterocycles. The lowest BCUT2D eigenvalue weighted by Crippen LogP contribution is -2.23. The fourth-order valence-corrected chi connectivity index (χ4v) is 2.73. The van der Waals surface area contributed by atoms with Gasteiger partial charge in [0.2, 0.25) is 12.2 Å². The molecule has 1 aromatic carbocycles. The second kappa shape index (κ2) is 8.36. The predicted molar refractivity (Wildman–Crippen MR) is 102 cm³/mol. The van der Waals surface area contributed by atoms with Crippen molar-refractivity contribution in [3.05, 3.63) is 30.0 Å². The Morgan fingerprint density at radius 3 is 2.46 bits per heavy atom. The van der Waals surface area contributed by atoms with Crippen molar-refractivity contribution in [2.75, 3.05) is 20.6 Å². The summed E-state index contributed by atoms with van der Waals surface area (Å²) in [5.74, 6) is 0.0351. The van der Waals surface area contributed by atoms with E-state index in [1.165, 1.54) is 6.92 Å². The lowest BCUT2D eigenvalue weighted by Gasteiger charge is -2.18. The number of nitrogens with zero attached hydrogens (tertiary/aromatic N) is 2. The Morgan fingerprint density at radius 1 is 1.19 bits per heavy atom. The lowest BCUT2D eigenvalue weighted by molar-refractivity contribution is -0.165. The molecule has 2 rings (SSSR count). The Morgan fingerprint density at radius 2 is 1.88 bits per heavy atom. The maximum absolute atomic E-state index is 12.0. The quantitative estimate of drug-likeness (QED) is 0.560. The second-order valence-corrected chi connectivity index (χ2v) is 7.02. The van der Waals surface area contributed by atoms with Crippen molar-refractivity contribution in [1.29, 1.82) is 0 Å². The number of fused-ring (bicyclic) bond motifs is 1. The average Bonchev–Trinajstić information content (AvgIpc) is 2.92. The molecule has 1 unspecified atom stereocenters. The summed E-state index contributed by atoms with van der Waals surface area (Å²) in [7, 11) is 4.02. The van der Waals surface area contributed by atoms with Gasteiger partial charge in [-0.15, -0.1) is 0 Å². The molecule has 0 N–H and O–H groups in total. The molecule has 0 aliphatic carbocycles. The van der Waals surface area contributed by atoms with E-state index < -0.39 is 6.29 Å². The van der Waals surface area contributed by atoms with Crippen LogP contribution in [0.15, 0.2) is 24.4 Å². The zero-order valence-corrected chi connectivity index (χ0v) is 16.4. The average molecular weight is 360 g/mol. The fourth-order valence-electron chi connectivity index (χ4n) is 2.73. The third-order valence-electron chi connectivity index (χ3n) is 4.08. The first kappa shape index (κ1) is 20.0. The van der Waals surface area contributed by atoms with Gasteiger partial charge in [-0.1, -0.05) is 19.9 Å². The highest BCUT2D eigenvalue weighted by molar-refractivity contribution is 5.97. The fraction of sp³-hybridized carbons (Fsp3) is 0.500. The van der Waals surface area contributed by atoms with E-state index in [1.54, 1.807) is 25.3 Å². The van der Waals surface area contributed by atoms with E-state index in [-0.39, 0.29) is 17.8 Å². The molecule has 6 heteroatoms. The van der Waals surface area contributed by atoms with Gasteiger partial charge in [0.05, 0.1) is 11.4 Å². The van der Waals surface area contributed by atoms with Crippen LogP contribution in [-0.4, -0.2) is 48.3 Å². The van der Waals surface area contributed by atoms with Gasteiger partial charge in [-0.3, -0.25) is 14.2 Å². The summed E-state index contributed by atoms with van der Waals surface area (Å²) in [6, 6.07) is 5.57. The summed E-state index contributed by atoms with van der Waals surface area (Å²) in [6.07, 6.45) is 1.94. The molecule has 0 saturated carbocycles. The SMILES string of the molecule is CC(=O)n1cc(CCN(C)C)c2c(OC(C)OC(=O)C(C)C)cccc21. The van der Waals surface area contributed by atoms with Gasteiger partial charge in [0.25, 0.3) is 0 Å². The van der Waals surface area contributed by atoms with E-state index in [1.807, 2.05) is 38.5 Å². The molecular formula is C20H28N2O4. The number of hydrogen-bond donors (Lipinski definition) is 0. The van der Waals surface area contributed by atoms with Gasteiger partial charge >= 0.3 is 5.97 Å². The van der Waals surface area contributed by atoms with Gasteiger partial charge in [-0.25, -0.2) is 0 Å². The minimum atomic E-state index is -0.710. The molecule has 0 spiro atoms. The van der Waals surface area contributed by atoms with E-state index in [2.05, 4.69) is 4.90 Å². The molecule has 0 fully saturated rings. The highest BCUT2D eigenvalue weighted by Gasteiger charge is 2.19. The summed E-state index contributed by atoms with van der Waals surface area (Å²) in [4.78, 5) is 25.9. The summed E-state index contributed by atoms with van der Waals surface area (Å²) >= 11 is 0. The molecule has 0 radical (unpaired) electrons. The van der Waals surface area contributed by atoms with Crippen molar-refractivity contribution in [3.8, 4) is 5.75 Å². The summed E-state index contributed by atoms with van der Waals surface area (Å²) < 4.78 is 12.9. The van der Waals surface area contributed by atoms with Gasteiger partial charge < -0.3 is 14.4 Å². The van der Waals surface area contributed by atoms with E-state index >= 15 is 0 Å². The maximum Gasteiger partial charge on any atom is 0.311 e. The monoisotopic (exact) mass is 360 g/mol. The van der Waals surface area contributed by atoms with Crippen LogP contribution in [0.3, 0.4) is 0 Å². The van der Waals surface area contributed by atoms with Crippen LogP contribution in [0, 0.1) is 5.92 Å². The Bertz CT molecular complexity index is 792. The molecule has 6 nitrogen and oxygen atoms in total.